The van der Waals surface area contributed by atoms with Gasteiger partial charge in [-0.1, -0.05) is 6.07 Å². The number of fused-ring (bicyclic) bond motifs is 1. The number of benzene rings is 1. The van der Waals surface area contributed by atoms with Crippen molar-refractivity contribution in [2.45, 2.75) is 31.9 Å². The molecule has 1 aromatic heterocycles. The van der Waals surface area contributed by atoms with Crippen LogP contribution in [0, 0.1) is 11.3 Å². The van der Waals surface area contributed by atoms with Gasteiger partial charge in [0.05, 0.1) is 19.1 Å². The molecule has 188 valence electrons. The number of alkyl halides is 3. The van der Waals surface area contributed by atoms with Crippen LogP contribution in [0.1, 0.15) is 25.7 Å². The van der Waals surface area contributed by atoms with Gasteiger partial charge in [0.25, 0.3) is 5.88 Å². The molecule has 0 radical (unpaired) electrons. The zero-order chi connectivity index (χ0) is 24.2. The van der Waals surface area contributed by atoms with Crippen LogP contribution >= 0.6 is 0 Å². The Morgan fingerprint density at radius 2 is 1.94 bits per heavy atom. The van der Waals surface area contributed by atoms with Crippen molar-refractivity contribution in [2.24, 2.45) is 11.3 Å². The van der Waals surface area contributed by atoms with Crippen LogP contribution < -0.4 is 9.47 Å². The normalized spacial score (nSPS) is 19.8. The van der Waals surface area contributed by atoms with E-state index in [1.54, 1.807) is 6.07 Å². The predicted octanol–water partition coefficient (Wildman–Crippen LogP) is 3.83. The maximum atomic E-state index is 12.6. The summed E-state index contributed by atoms with van der Waals surface area (Å²) >= 11 is 0. The zero-order valence-electron chi connectivity index (χ0n) is 19.1. The van der Waals surface area contributed by atoms with Crippen molar-refractivity contribution in [1.29, 1.82) is 0 Å². The lowest BCUT2D eigenvalue weighted by Gasteiger charge is -2.41. The van der Waals surface area contributed by atoms with E-state index in [0.717, 1.165) is 25.9 Å². The molecule has 34 heavy (non-hydrogen) atoms. The Bertz CT molecular complexity index is 965. The minimum Gasteiger partial charge on any atom is -0.483 e. The number of hydrogen-bond donors (Lipinski definition) is 0. The van der Waals surface area contributed by atoms with E-state index in [2.05, 4.69) is 10.1 Å². The van der Waals surface area contributed by atoms with Crippen molar-refractivity contribution in [3.05, 3.63) is 18.2 Å². The summed E-state index contributed by atoms with van der Waals surface area (Å²) in [6.07, 6.45) is -1.42. The summed E-state index contributed by atoms with van der Waals surface area (Å²) in [5.41, 5.74) is -0.225. The predicted molar refractivity (Wildman–Crippen MR) is 115 cm³/mol. The largest absolute Gasteiger partial charge is 0.483 e. The zero-order valence-corrected chi connectivity index (χ0v) is 19.1. The highest BCUT2D eigenvalue weighted by Crippen LogP contribution is 2.36. The molecule has 0 spiro atoms. The molecule has 0 atom stereocenters. The van der Waals surface area contributed by atoms with Gasteiger partial charge < -0.3 is 28.4 Å². The van der Waals surface area contributed by atoms with Crippen molar-refractivity contribution in [2.75, 3.05) is 53.2 Å². The number of nitrogens with zero attached hydrogens (tertiary/aromatic N) is 2. The number of esters is 1. The molecule has 1 aromatic carbocycles. The summed E-state index contributed by atoms with van der Waals surface area (Å²) in [6, 6.07) is 4.57. The smallest absolute Gasteiger partial charge is 0.422 e. The lowest BCUT2D eigenvalue weighted by molar-refractivity contribution is -0.161. The molecule has 0 amide bonds. The second kappa shape index (κ2) is 10.4. The topological polar surface area (TPSA) is 83.3 Å². The molecular formula is C23H29F3N2O6. The van der Waals surface area contributed by atoms with E-state index in [1.807, 2.05) is 0 Å². The van der Waals surface area contributed by atoms with Crippen molar-refractivity contribution < 1.29 is 41.4 Å². The molecule has 0 N–H and O–H groups in total. The first-order valence-electron chi connectivity index (χ1n) is 11.4. The monoisotopic (exact) mass is 486 g/mol. The Morgan fingerprint density at radius 1 is 1.21 bits per heavy atom. The molecule has 2 aliphatic heterocycles. The third-order valence-electron chi connectivity index (χ3n) is 6.58. The van der Waals surface area contributed by atoms with Gasteiger partial charge >= 0.3 is 12.1 Å². The number of piperidine rings is 1. The molecule has 0 bridgehead atoms. The molecule has 11 heteroatoms. The Morgan fingerprint density at radius 3 is 2.62 bits per heavy atom. The molecule has 2 aliphatic rings. The van der Waals surface area contributed by atoms with Crippen LogP contribution in [0.25, 0.3) is 11.0 Å². The molecule has 4 rings (SSSR count). The highest BCUT2D eigenvalue weighted by Gasteiger charge is 2.43. The van der Waals surface area contributed by atoms with Crippen LogP contribution in [0.2, 0.25) is 0 Å². The number of carbonyl (C=O) groups excluding carboxylic acids is 1. The van der Waals surface area contributed by atoms with Gasteiger partial charge in [-0.25, -0.2) is 0 Å². The van der Waals surface area contributed by atoms with Crippen molar-refractivity contribution in [3.8, 4) is 11.6 Å². The standard InChI is InChI=1S/C23H29F3N2O6/c1-30-21(29)22(7-11-31-12-8-22)14-28-9-5-16(6-10-28)13-32-20-19-17(33-15-23(24,25)26)3-2-4-18(19)34-27-20/h2-4,16H,5-15H2,1H3. The quantitative estimate of drug-likeness (QED) is 0.521. The first-order valence-corrected chi connectivity index (χ1v) is 11.4. The Balaban J connectivity index is 1.32. The number of carbonyl (C=O) groups is 1. The summed E-state index contributed by atoms with van der Waals surface area (Å²) in [5, 5.41) is 4.18. The van der Waals surface area contributed by atoms with Crippen LogP contribution in [0.4, 0.5) is 13.2 Å². The number of hydrogen-bond acceptors (Lipinski definition) is 8. The summed E-state index contributed by atoms with van der Waals surface area (Å²) in [4.78, 5) is 14.8. The van der Waals surface area contributed by atoms with Gasteiger partial charge in [-0.05, 0) is 62.0 Å². The Labute approximate surface area is 195 Å². The van der Waals surface area contributed by atoms with E-state index in [9.17, 15) is 18.0 Å². The van der Waals surface area contributed by atoms with Crippen LogP contribution in [-0.4, -0.2) is 75.4 Å². The number of halogens is 3. The fraction of sp³-hybridized carbons (Fsp3) is 0.652. The van der Waals surface area contributed by atoms with E-state index < -0.39 is 18.2 Å². The SMILES string of the molecule is COC(=O)C1(CN2CCC(COc3noc4cccc(OCC(F)(F)F)c34)CC2)CCOCC1. The number of aromatic nitrogens is 1. The first-order chi connectivity index (χ1) is 16.3. The number of ether oxygens (including phenoxy) is 4. The Hall–Kier alpha value is -2.53. The molecule has 2 fully saturated rings. The number of likely N-dealkylation sites (tertiary alicyclic amines) is 1. The van der Waals surface area contributed by atoms with Crippen LogP contribution in [0.3, 0.4) is 0 Å². The molecule has 8 nitrogen and oxygen atoms in total. The summed E-state index contributed by atoms with van der Waals surface area (Å²) in [6.45, 7) is 2.33. The molecule has 2 saturated heterocycles. The van der Waals surface area contributed by atoms with E-state index in [1.165, 1.54) is 19.2 Å². The number of rotatable bonds is 8. The highest BCUT2D eigenvalue weighted by atomic mass is 19.4. The fourth-order valence-corrected chi connectivity index (χ4v) is 4.65. The van der Waals surface area contributed by atoms with Gasteiger partial charge in [0, 0.05) is 19.8 Å². The van der Waals surface area contributed by atoms with Gasteiger partial charge in [-0.3, -0.25) is 4.79 Å². The van der Waals surface area contributed by atoms with Crippen molar-refractivity contribution in [1.82, 2.24) is 10.1 Å². The average Bonchev–Trinajstić information content (AvgIpc) is 3.25. The maximum absolute atomic E-state index is 12.6. The van der Waals surface area contributed by atoms with Crippen LogP contribution in [0.15, 0.2) is 22.7 Å². The average molecular weight is 486 g/mol. The minimum atomic E-state index is -4.45. The number of methoxy groups -OCH3 is 1. The fourth-order valence-electron chi connectivity index (χ4n) is 4.65. The minimum absolute atomic E-state index is 0.0189. The van der Waals surface area contributed by atoms with E-state index in [0.29, 0.717) is 50.2 Å². The first kappa shape index (κ1) is 24.6. The second-order valence-corrected chi connectivity index (χ2v) is 8.94. The van der Waals surface area contributed by atoms with Gasteiger partial charge in [-0.2, -0.15) is 13.2 Å². The van der Waals surface area contributed by atoms with E-state index in [-0.39, 0.29) is 23.5 Å². The summed E-state index contributed by atoms with van der Waals surface area (Å²) in [5.74, 6) is 0.213. The van der Waals surface area contributed by atoms with Crippen molar-refractivity contribution in [3.63, 3.8) is 0 Å². The van der Waals surface area contributed by atoms with Gasteiger partial charge in [0.2, 0.25) is 0 Å². The van der Waals surface area contributed by atoms with Crippen molar-refractivity contribution >= 4 is 16.9 Å². The van der Waals surface area contributed by atoms with Crippen LogP contribution in [0.5, 0.6) is 11.6 Å². The molecule has 2 aromatic rings. The van der Waals surface area contributed by atoms with Gasteiger partial charge in [0.15, 0.2) is 12.2 Å². The molecule has 0 saturated carbocycles. The summed E-state index contributed by atoms with van der Waals surface area (Å²) < 4.78 is 64.3. The van der Waals surface area contributed by atoms with E-state index in [4.69, 9.17) is 23.5 Å². The Kier molecular flexibility index (Phi) is 7.51. The third-order valence-corrected chi connectivity index (χ3v) is 6.58. The van der Waals surface area contributed by atoms with Gasteiger partial charge in [-0.15, -0.1) is 0 Å². The molecule has 0 aliphatic carbocycles. The lowest BCUT2D eigenvalue weighted by atomic mass is 9.79. The third kappa shape index (κ3) is 5.75. The van der Waals surface area contributed by atoms with Crippen LogP contribution in [-0.2, 0) is 14.3 Å². The maximum Gasteiger partial charge on any atom is 0.422 e. The molecule has 0 unspecified atom stereocenters. The van der Waals surface area contributed by atoms with E-state index >= 15 is 0 Å². The summed E-state index contributed by atoms with van der Waals surface area (Å²) in [7, 11) is 1.43. The van der Waals surface area contributed by atoms with Gasteiger partial charge in [0.1, 0.15) is 11.1 Å². The molecular weight excluding hydrogens is 457 g/mol. The lowest BCUT2D eigenvalue weighted by Crippen LogP contribution is -2.49. The second-order valence-electron chi connectivity index (χ2n) is 8.94. The molecule has 3 heterocycles. The highest BCUT2D eigenvalue weighted by molar-refractivity contribution is 5.88.